The zero-order chi connectivity index (χ0) is 22.8. The fourth-order valence-corrected chi connectivity index (χ4v) is 4.71. The molecule has 8 heteroatoms. The van der Waals surface area contributed by atoms with Gasteiger partial charge in [-0.15, -0.1) is 0 Å². The van der Waals surface area contributed by atoms with Crippen molar-refractivity contribution in [3.8, 4) is 5.75 Å². The number of thiazole rings is 1. The van der Waals surface area contributed by atoms with E-state index >= 15 is 0 Å². The monoisotopic (exact) mass is 449 g/mol. The highest BCUT2D eigenvalue weighted by atomic mass is 32.1. The lowest BCUT2D eigenvalue weighted by molar-refractivity contribution is -0.136. The van der Waals surface area contributed by atoms with E-state index in [0.717, 1.165) is 5.56 Å². The number of nitrogens with zero attached hydrogens (tertiary/aromatic N) is 3. The van der Waals surface area contributed by atoms with Gasteiger partial charge in [-0.1, -0.05) is 35.6 Å². The van der Waals surface area contributed by atoms with Crippen LogP contribution in [-0.4, -0.2) is 28.7 Å². The number of fused-ring (bicyclic) bond motifs is 1. The van der Waals surface area contributed by atoms with Crippen LogP contribution in [0.15, 0.2) is 69.8 Å². The Kier molecular flexibility index (Phi) is 6.05. The predicted molar refractivity (Wildman–Crippen MR) is 122 cm³/mol. The molecule has 1 aliphatic rings. The number of carbonyl (C=O) groups excluding carboxylic acids is 1. The van der Waals surface area contributed by atoms with E-state index in [-0.39, 0.29) is 11.7 Å². The number of hydrogen-bond acceptors (Lipinski definition) is 7. The number of carbonyl (C=O) groups is 1. The summed E-state index contributed by atoms with van der Waals surface area (Å²) in [5.41, 5.74) is 2.09. The van der Waals surface area contributed by atoms with Crippen LogP contribution in [0.4, 0.5) is 0 Å². The molecule has 0 bridgehead atoms. The Hall–Kier alpha value is -3.52. The Morgan fingerprint density at radius 3 is 2.69 bits per heavy atom. The van der Waals surface area contributed by atoms with E-state index in [1.807, 2.05) is 50.2 Å². The lowest BCUT2D eigenvalue weighted by atomic mass is 9.95. The molecular formula is C24H23N3O4S. The topological polar surface area (TPSA) is 82.8 Å². The van der Waals surface area contributed by atoms with Crippen molar-refractivity contribution in [2.24, 2.45) is 4.99 Å². The third-order valence-corrected chi connectivity index (χ3v) is 5.97. The fraction of sp³-hybridized carbons (Fsp3) is 0.250. The zero-order valence-electron chi connectivity index (χ0n) is 18.2. The number of pyridine rings is 1. The third kappa shape index (κ3) is 4.01. The molecule has 0 aliphatic carbocycles. The van der Waals surface area contributed by atoms with Gasteiger partial charge >= 0.3 is 5.97 Å². The van der Waals surface area contributed by atoms with E-state index in [2.05, 4.69) is 9.98 Å². The molecule has 0 spiro atoms. The average molecular weight is 450 g/mol. The van der Waals surface area contributed by atoms with Crippen molar-refractivity contribution >= 4 is 23.4 Å². The van der Waals surface area contributed by atoms with E-state index in [1.165, 1.54) is 18.4 Å². The summed E-state index contributed by atoms with van der Waals surface area (Å²) in [7, 11) is 1.32. The van der Waals surface area contributed by atoms with Gasteiger partial charge in [-0.05, 0) is 44.5 Å². The molecule has 0 amide bonds. The molecule has 4 rings (SSSR count). The number of rotatable bonds is 5. The van der Waals surface area contributed by atoms with Gasteiger partial charge in [0.15, 0.2) is 4.80 Å². The molecule has 0 fully saturated rings. The number of ether oxygens (including phenoxy) is 2. The molecule has 7 nitrogen and oxygen atoms in total. The largest absolute Gasteiger partial charge is 0.491 e. The maximum atomic E-state index is 13.5. The lowest BCUT2D eigenvalue weighted by Crippen LogP contribution is -2.40. The summed E-state index contributed by atoms with van der Waals surface area (Å²) < 4.78 is 13.1. The first-order valence-electron chi connectivity index (χ1n) is 10.2. The number of benzene rings is 1. The first-order valence-corrected chi connectivity index (χ1v) is 11.0. The first kappa shape index (κ1) is 21.7. The van der Waals surface area contributed by atoms with Crippen LogP contribution in [0.2, 0.25) is 0 Å². The van der Waals surface area contributed by atoms with E-state index in [0.29, 0.717) is 31.9 Å². The van der Waals surface area contributed by atoms with Gasteiger partial charge in [0.25, 0.3) is 5.56 Å². The van der Waals surface area contributed by atoms with Gasteiger partial charge in [0.05, 0.1) is 29.0 Å². The highest BCUT2D eigenvalue weighted by Crippen LogP contribution is 2.36. The summed E-state index contributed by atoms with van der Waals surface area (Å²) in [6, 6.07) is 10.4. The Morgan fingerprint density at radius 1 is 1.22 bits per heavy atom. The Labute approximate surface area is 189 Å². The number of methoxy groups -OCH3 is 1. The minimum Gasteiger partial charge on any atom is -0.491 e. The van der Waals surface area contributed by atoms with Crippen molar-refractivity contribution in [1.82, 2.24) is 9.55 Å². The van der Waals surface area contributed by atoms with Gasteiger partial charge in [0.1, 0.15) is 11.8 Å². The molecule has 32 heavy (non-hydrogen) atoms. The third-order valence-electron chi connectivity index (χ3n) is 4.99. The smallest absolute Gasteiger partial charge is 0.338 e. The summed E-state index contributed by atoms with van der Waals surface area (Å²) in [6.45, 7) is 5.61. The summed E-state index contributed by atoms with van der Waals surface area (Å²) >= 11 is 1.27. The Balaban J connectivity index is 2.00. The molecule has 3 heterocycles. The minimum atomic E-state index is -0.718. The molecule has 0 N–H and O–H groups in total. The van der Waals surface area contributed by atoms with Gasteiger partial charge in [-0.2, -0.15) is 0 Å². The van der Waals surface area contributed by atoms with Crippen molar-refractivity contribution < 1.29 is 14.3 Å². The quantitative estimate of drug-likeness (QED) is 0.559. The molecule has 0 saturated carbocycles. The van der Waals surface area contributed by atoms with Crippen molar-refractivity contribution in [2.45, 2.75) is 32.9 Å². The first-order chi connectivity index (χ1) is 15.4. The fourth-order valence-electron chi connectivity index (χ4n) is 3.67. The van der Waals surface area contributed by atoms with Gasteiger partial charge in [-0.3, -0.25) is 14.3 Å². The molecule has 0 radical (unpaired) electrons. The van der Waals surface area contributed by atoms with Gasteiger partial charge < -0.3 is 9.47 Å². The highest BCUT2D eigenvalue weighted by molar-refractivity contribution is 7.07. The van der Waals surface area contributed by atoms with Crippen LogP contribution in [0.25, 0.3) is 6.08 Å². The average Bonchev–Trinajstić information content (AvgIpc) is 3.07. The number of allylic oxidation sites excluding steroid dienone is 1. The molecule has 0 saturated heterocycles. The Morgan fingerprint density at radius 2 is 2.00 bits per heavy atom. The van der Waals surface area contributed by atoms with E-state index < -0.39 is 12.0 Å². The summed E-state index contributed by atoms with van der Waals surface area (Å²) in [5, 5.41) is 0. The van der Waals surface area contributed by atoms with Crippen molar-refractivity contribution in [1.29, 1.82) is 0 Å². The number of para-hydroxylation sites is 1. The standard InChI is InChI=1S/C24H23N3O4S/c1-14(2)31-18-10-6-5-9-17(18)21-20(23(29)30-4)15(3)26-24-27(21)22(28)19(32-24)12-16-8-7-11-25-13-16/h5-14,21H,1-4H3/b19-12-. The van der Waals surface area contributed by atoms with E-state index in [9.17, 15) is 9.59 Å². The zero-order valence-corrected chi connectivity index (χ0v) is 19.1. The van der Waals surface area contributed by atoms with Gasteiger partial charge in [0, 0.05) is 18.0 Å². The summed E-state index contributed by atoms with van der Waals surface area (Å²) in [5.74, 6) is 0.0718. The van der Waals surface area contributed by atoms with E-state index in [4.69, 9.17) is 9.47 Å². The van der Waals surface area contributed by atoms with Crippen LogP contribution in [0.1, 0.15) is 37.9 Å². The van der Waals surface area contributed by atoms with Crippen LogP contribution >= 0.6 is 11.3 Å². The summed E-state index contributed by atoms with van der Waals surface area (Å²) in [4.78, 5) is 35.5. The summed E-state index contributed by atoms with van der Waals surface area (Å²) in [6.07, 6.45) is 5.06. The molecule has 1 atom stereocenters. The van der Waals surface area contributed by atoms with Crippen molar-refractivity contribution in [2.75, 3.05) is 7.11 Å². The lowest BCUT2D eigenvalue weighted by Gasteiger charge is -2.26. The van der Waals surface area contributed by atoms with Gasteiger partial charge in [0.2, 0.25) is 0 Å². The molecule has 1 aromatic carbocycles. The normalized spacial score (nSPS) is 16.0. The van der Waals surface area contributed by atoms with Crippen LogP contribution < -0.4 is 19.6 Å². The predicted octanol–water partition coefficient (Wildman–Crippen LogP) is 2.59. The highest BCUT2D eigenvalue weighted by Gasteiger charge is 2.34. The Bertz CT molecular complexity index is 1370. The molecular weight excluding hydrogens is 426 g/mol. The van der Waals surface area contributed by atoms with Gasteiger partial charge in [-0.25, -0.2) is 9.79 Å². The SMILES string of the molecule is COC(=O)C1=C(C)N=c2s/c(=C\c3cccnc3)c(=O)n2C1c1ccccc1OC(C)C. The number of esters is 1. The molecule has 164 valence electrons. The van der Waals surface area contributed by atoms with E-state index in [1.54, 1.807) is 30.0 Å². The van der Waals surface area contributed by atoms with Crippen molar-refractivity contribution in [3.63, 3.8) is 0 Å². The second-order valence-electron chi connectivity index (χ2n) is 7.56. The van der Waals surface area contributed by atoms with Crippen LogP contribution in [0.5, 0.6) is 5.75 Å². The molecule has 1 unspecified atom stereocenters. The van der Waals surface area contributed by atoms with Crippen LogP contribution in [0, 0.1) is 0 Å². The maximum Gasteiger partial charge on any atom is 0.338 e. The molecule has 2 aromatic heterocycles. The van der Waals surface area contributed by atoms with Crippen molar-refractivity contribution in [3.05, 3.63) is 90.9 Å². The molecule has 1 aliphatic heterocycles. The number of aromatic nitrogens is 2. The molecule has 3 aromatic rings. The minimum absolute atomic E-state index is 0.0794. The van der Waals surface area contributed by atoms with Crippen LogP contribution in [0.3, 0.4) is 0 Å². The second kappa shape index (κ2) is 8.92. The van der Waals surface area contributed by atoms with Crippen LogP contribution in [-0.2, 0) is 9.53 Å². The maximum absolute atomic E-state index is 13.5. The number of hydrogen-bond donors (Lipinski definition) is 0. The second-order valence-corrected chi connectivity index (χ2v) is 8.57.